The molecule has 7 nitrogen and oxygen atoms in total. The van der Waals surface area contributed by atoms with Crippen LogP contribution < -0.4 is 10.6 Å². The van der Waals surface area contributed by atoms with Crippen LogP contribution in [0.15, 0.2) is 28.6 Å². The first kappa shape index (κ1) is 19.7. The van der Waals surface area contributed by atoms with E-state index in [1.165, 1.54) is 48.9 Å². The Morgan fingerprint density at radius 3 is 2.67 bits per heavy atom. The molecule has 2 N–H and O–H groups in total. The van der Waals surface area contributed by atoms with Crippen LogP contribution in [0.2, 0.25) is 0 Å². The molecular formula is C17H20FN5O2S2. The van der Waals surface area contributed by atoms with Gasteiger partial charge >= 0.3 is 0 Å². The van der Waals surface area contributed by atoms with Crippen molar-refractivity contribution >= 4 is 40.6 Å². The molecule has 0 saturated carbocycles. The number of likely N-dealkylation sites (tertiary alicyclic amines) is 1. The molecule has 2 aromatic rings. The molecule has 1 aliphatic heterocycles. The highest BCUT2D eigenvalue weighted by atomic mass is 32.2. The third kappa shape index (κ3) is 6.26. The fourth-order valence-corrected chi connectivity index (χ4v) is 4.19. The topological polar surface area (TPSA) is 87.2 Å². The number of aromatic nitrogens is 2. The van der Waals surface area contributed by atoms with Crippen LogP contribution in [0.4, 0.5) is 10.1 Å². The molecule has 10 heteroatoms. The molecule has 0 bridgehead atoms. The highest BCUT2D eigenvalue weighted by Gasteiger charge is 2.15. The van der Waals surface area contributed by atoms with Crippen LogP contribution >= 0.6 is 23.1 Å². The number of nitrogens with one attached hydrogen (secondary N) is 2. The first-order valence-corrected chi connectivity index (χ1v) is 10.4. The number of anilines is 1. The van der Waals surface area contributed by atoms with Gasteiger partial charge in [-0.3, -0.25) is 9.59 Å². The molecule has 1 aromatic carbocycles. The van der Waals surface area contributed by atoms with E-state index in [2.05, 4.69) is 25.7 Å². The lowest BCUT2D eigenvalue weighted by Crippen LogP contribution is -2.34. The summed E-state index contributed by atoms with van der Waals surface area (Å²) in [6, 6.07) is 5.46. The summed E-state index contributed by atoms with van der Waals surface area (Å²) in [6.45, 7) is 3.74. The molecular weight excluding hydrogens is 389 g/mol. The van der Waals surface area contributed by atoms with Gasteiger partial charge in [-0.1, -0.05) is 23.1 Å². The van der Waals surface area contributed by atoms with Gasteiger partial charge in [0.15, 0.2) is 4.34 Å². The summed E-state index contributed by atoms with van der Waals surface area (Å²) >= 11 is 2.36. The molecule has 27 heavy (non-hydrogen) atoms. The molecule has 3 rings (SSSR count). The number of thioether (sulfide) groups is 1. The van der Waals surface area contributed by atoms with Crippen molar-refractivity contribution in [1.29, 1.82) is 0 Å². The molecule has 144 valence electrons. The predicted octanol–water partition coefficient (Wildman–Crippen LogP) is 2.23. The van der Waals surface area contributed by atoms with E-state index in [0.717, 1.165) is 31.0 Å². The third-order valence-electron chi connectivity index (χ3n) is 3.98. The Hall–Kier alpha value is -2.04. The molecule has 2 amide bonds. The number of benzene rings is 1. The summed E-state index contributed by atoms with van der Waals surface area (Å²) in [5.41, 5.74) is 0.475. The SMILES string of the molecule is O=C(CSc1nnc(C(=O)Nc2ccc(F)cc2)s1)NCCN1CCCC1. The number of nitrogens with zero attached hydrogens (tertiary/aromatic N) is 3. The average molecular weight is 410 g/mol. The maximum absolute atomic E-state index is 12.9. The molecule has 0 atom stereocenters. The standard InChI is InChI=1S/C17H20FN5O2S2/c18-12-3-5-13(6-4-12)20-15(25)16-21-22-17(27-16)26-11-14(24)19-7-10-23-8-1-2-9-23/h3-6H,1-2,7-11H2,(H,19,24)(H,20,25). The fraction of sp³-hybridized carbons (Fsp3) is 0.412. The van der Waals surface area contributed by atoms with Gasteiger partial charge in [-0.05, 0) is 50.2 Å². The van der Waals surface area contributed by atoms with E-state index in [9.17, 15) is 14.0 Å². The zero-order valence-corrected chi connectivity index (χ0v) is 16.2. The molecule has 0 spiro atoms. The Balaban J connectivity index is 1.39. The van der Waals surface area contributed by atoms with Crippen molar-refractivity contribution in [2.75, 3.05) is 37.2 Å². The molecule has 2 heterocycles. The largest absolute Gasteiger partial charge is 0.354 e. The quantitative estimate of drug-likeness (QED) is 0.650. The summed E-state index contributed by atoms with van der Waals surface area (Å²) in [7, 11) is 0. The van der Waals surface area contributed by atoms with Crippen molar-refractivity contribution in [2.45, 2.75) is 17.2 Å². The van der Waals surface area contributed by atoms with Crippen LogP contribution in [-0.4, -0.2) is 58.8 Å². The van der Waals surface area contributed by atoms with E-state index in [4.69, 9.17) is 0 Å². The molecule has 1 fully saturated rings. The minimum Gasteiger partial charge on any atom is -0.354 e. The first-order valence-electron chi connectivity index (χ1n) is 8.62. The van der Waals surface area contributed by atoms with Gasteiger partial charge in [-0.2, -0.15) is 0 Å². The van der Waals surface area contributed by atoms with E-state index >= 15 is 0 Å². The molecule has 0 unspecified atom stereocenters. The van der Waals surface area contributed by atoms with Crippen LogP contribution in [-0.2, 0) is 4.79 Å². The van der Waals surface area contributed by atoms with Crippen molar-refractivity contribution in [3.63, 3.8) is 0 Å². The van der Waals surface area contributed by atoms with Crippen molar-refractivity contribution < 1.29 is 14.0 Å². The zero-order valence-electron chi connectivity index (χ0n) is 14.6. The smallest absolute Gasteiger partial charge is 0.286 e. The Labute approximate surface area is 164 Å². The second kappa shape index (κ2) is 9.77. The van der Waals surface area contributed by atoms with Crippen LogP contribution in [0.25, 0.3) is 0 Å². The van der Waals surface area contributed by atoms with E-state index in [0.29, 0.717) is 16.6 Å². The number of amides is 2. The summed E-state index contributed by atoms with van der Waals surface area (Å²) in [5, 5.41) is 13.5. The minimum absolute atomic E-state index is 0.0632. The van der Waals surface area contributed by atoms with Crippen molar-refractivity contribution in [2.24, 2.45) is 0 Å². The van der Waals surface area contributed by atoms with Gasteiger partial charge in [-0.15, -0.1) is 10.2 Å². The van der Waals surface area contributed by atoms with E-state index in [-0.39, 0.29) is 22.5 Å². The van der Waals surface area contributed by atoms with E-state index in [1.807, 2.05) is 0 Å². The van der Waals surface area contributed by atoms with Crippen LogP contribution in [0.3, 0.4) is 0 Å². The van der Waals surface area contributed by atoms with Gasteiger partial charge in [0.25, 0.3) is 5.91 Å². The van der Waals surface area contributed by atoms with Crippen LogP contribution in [0.5, 0.6) is 0 Å². The summed E-state index contributed by atoms with van der Waals surface area (Å²) in [4.78, 5) is 26.4. The number of carbonyl (C=O) groups is 2. The Morgan fingerprint density at radius 1 is 1.19 bits per heavy atom. The minimum atomic E-state index is -0.416. The van der Waals surface area contributed by atoms with E-state index < -0.39 is 5.91 Å². The summed E-state index contributed by atoms with van der Waals surface area (Å²) in [5.74, 6) is -0.622. The van der Waals surface area contributed by atoms with Crippen LogP contribution in [0.1, 0.15) is 22.6 Å². The molecule has 1 aliphatic rings. The van der Waals surface area contributed by atoms with Gasteiger partial charge in [0.2, 0.25) is 10.9 Å². The van der Waals surface area contributed by atoms with Crippen LogP contribution in [0, 0.1) is 5.82 Å². The third-order valence-corrected chi connectivity index (χ3v) is 6.03. The monoisotopic (exact) mass is 409 g/mol. The second-order valence-corrected chi connectivity index (χ2v) is 8.22. The maximum atomic E-state index is 12.9. The van der Waals surface area contributed by atoms with Gasteiger partial charge in [0, 0.05) is 18.8 Å². The lowest BCUT2D eigenvalue weighted by Gasteiger charge is -2.14. The predicted molar refractivity (Wildman–Crippen MR) is 104 cm³/mol. The zero-order chi connectivity index (χ0) is 19.1. The summed E-state index contributed by atoms with van der Waals surface area (Å²) < 4.78 is 13.4. The van der Waals surface area contributed by atoms with Gasteiger partial charge in [0.05, 0.1) is 5.75 Å². The van der Waals surface area contributed by atoms with Gasteiger partial charge in [-0.25, -0.2) is 4.39 Å². The Bertz CT molecular complexity index is 778. The first-order chi connectivity index (χ1) is 13.1. The number of halogens is 1. The van der Waals surface area contributed by atoms with E-state index in [1.54, 1.807) is 0 Å². The highest BCUT2D eigenvalue weighted by molar-refractivity contribution is 8.01. The fourth-order valence-electron chi connectivity index (χ4n) is 2.62. The molecule has 0 radical (unpaired) electrons. The van der Waals surface area contributed by atoms with Crippen molar-refractivity contribution in [3.05, 3.63) is 35.1 Å². The molecule has 1 aromatic heterocycles. The molecule has 0 aliphatic carbocycles. The Kier molecular flexibility index (Phi) is 7.13. The number of rotatable bonds is 8. The van der Waals surface area contributed by atoms with Gasteiger partial charge < -0.3 is 15.5 Å². The number of hydrogen-bond donors (Lipinski definition) is 2. The van der Waals surface area contributed by atoms with Gasteiger partial charge in [0.1, 0.15) is 5.82 Å². The average Bonchev–Trinajstić information content (AvgIpc) is 3.34. The Morgan fingerprint density at radius 2 is 1.93 bits per heavy atom. The second-order valence-electron chi connectivity index (χ2n) is 6.02. The number of hydrogen-bond acceptors (Lipinski definition) is 7. The maximum Gasteiger partial charge on any atom is 0.286 e. The lowest BCUT2D eigenvalue weighted by molar-refractivity contribution is -0.118. The lowest BCUT2D eigenvalue weighted by atomic mass is 10.3. The number of carbonyl (C=O) groups excluding carboxylic acids is 2. The summed E-state index contributed by atoms with van der Waals surface area (Å²) in [6.07, 6.45) is 2.47. The van der Waals surface area contributed by atoms with Crippen molar-refractivity contribution in [1.82, 2.24) is 20.4 Å². The van der Waals surface area contributed by atoms with Crippen molar-refractivity contribution in [3.8, 4) is 0 Å². The normalized spacial score (nSPS) is 14.3. The highest BCUT2D eigenvalue weighted by Crippen LogP contribution is 2.23. The molecule has 1 saturated heterocycles.